The minimum absolute atomic E-state index is 0.232. The number of ether oxygens (including phenoxy) is 1. The summed E-state index contributed by atoms with van der Waals surface area (Å²) in [7, 11) is 1.35. The summed E-state index contributed by atoms with van der Waals surface area (Å²) in [5, 5.41) is 7.86. The largest absolute Gasteiger partial charge is 0.465 e. The fourth-order valence-corrected chi connectivity index (χ4v) is 1.84. The van der Waals surface area contributed by atoms with Crippen LogP contribution in [0.3, 0.4) is 0 Å². The lowest BCUT2D eigenvalue weighted by molar-refractivity contribution is 0.0600. The first kappa shape index (κ1) is 11.7. The summed E-state index contributed by atoms with van der Waals surface area (Å²) < 4.78 is 4.65. The molecule has 1 aromatic heterocycles. The van der Waals surface area contributed by atoms with E-state index in [-0.39, 0.29) is 6.04 Å². The van der Waals surface area contributed by atoms with Crippen LogP contribution in [0.25, 0.3) is 5.57 Å². The molecule has 1 aliphatic carbocycles. The van der Waals surface area contributed by atoms with Crippen molar-refractivity contribution in [2.24, 2.45) is 5.73 Å². The molecule has 17 heavy (non-hydrogen) atoms. The molecule has 0 spiro atoms. The standard InChI is InChI=1S/C12H15N3O2/c1-17-12(16)9-6-11(15-14-7-9)8-2-4-10(13)5-3-8/h2,6-7,10H,3-5,13H2,1H3. The molecule has 5 heteroatoms. The number of allylic oxidation sites excluding steroid dienone is 1. The first-order valence-electron chi connectivity index (χ1n) is 5.56. The number of carbonyl (C=O) groups excluding carboxylic acids is 1. The van der Waals surface area contributed by atoms with Gasteiger partial charge in [0, 0.05) is 6.04 Å². The molecule has 0 saturated carbocycles. The molecule has 0 aromatic carbocycles. The summed E-state index contributed by atoms with van der Waals surface area (Å²) in [4.78, 5) is 11.4. The van der Waals surface area contributed by atoms with Crippen LogP contribution >= 0.6 is 0 Å². The molecule has 1 aromatic rings. The van der Waals surface area contributed by atoms with Crippen LogP contribution < -0.4 is 5.73 Å². The van der Waals surface area contributed by atoms with E-state index in [1.54, 1.807) is 6.07 Å². The van der Waals surface area contributed by atoms with Gasteiger partial charge in [-0.1, -0.05) is 6.08 Å². The normalized spacial score (nSPS) is 19.6. The Hall–Kier alpha value is -1.75. The lowest BCUT2D eigenvalue weighted by Crippen LogP contribution is -2.21. The second kappa shape index (κ2) is 5.05. The number of esters is 1. The summed E-state index contributed by atoms with van der Waals surface area (Å²) in [5.74, 6) is -0.394. The third kappa shape index (κ3) is 2.68. The van der Waals surface area contributed by atoms with Crippen LogP contribution in [0.1, 0.15) is 35.3 Å². The number of nitrogens with two attached hydrogens (primary N) is 1. The van der Waals surface area contributed by atoms with Crippen molar-refractivity contribution in [3.63, 3.8) is 0 Å². The maximum absolute atomic E-state index is 11.4. The summed E-state index contributed by atoms with van der Waals surface area (Å²) in [6.07, 6.45) is 6.14. The predicted octanol–water partition coefficient (Wildman–Crippen LogP) is 1.16. The maximum atomic E-state index is 11.4. The Morgan fingerprint density at radius 3 is 3.06 bits per heavy atom. The van der Waals surface area contributed by atoms with E-state index in [2.05, 4.69) is 21.0 Å². The zero-order valence-corrected chi connectivity index (χ0v) is 9.72. The monoisotopic (exact) mass is 233 g/mol. The third-order valence-corrected chi connectivity index (χ3v) is 2.86. The van der Waals surface area contributed by atoms with Gasteiger partial charge in [0.25, 0.3) is 0 Å². The van der Waals surface area contributed by atoms with Crippen molar-refractivity contribution in [2.75, 3.05) is 7.11 Å². The van der Waals surface area contributed by atoms with Gasteiger partial charge in [-0.2, -0.15) is 10.2 Å². The Labute approximate surface area is 99.7 Å². The molecule has 1 unspecified atom stereocenters. The molecule has 1 heterocycles. The van der Waals surface area contributed by atoms with Gasteiger partial charge < -0.3 is 10.5 Å². The number of rotatable bonds is 2. The van der Waals surface area contributed by atoms with Crippen LogP contribution in [0.2, 0.25) is 0 Å². The Morgan fingerprint density at radius 2 is 2.41 bits per heavy atom. The van der Waals surface area contributed by atoms with E-state index in [0.29, 0.717) is 5.56 Å². The van der Waals surface area contributed by atoms with Crippen LogP contribution in [0.4, 0.5) is 0 Å². The van der Waals surface area contributed by atoms with Gasteiger partial charge in [0.15, 0.2) is 0 Å². The van der Waals surface area contributed by atoms with E-state index in [1.807, 2.05) is 0 Å². The van der Waals surface area contributed by atoms with Gasteiger partial charge in [0.1, 0.15) is 0 Å². The average molecular weight is 233 g/mol. The Balaban J connectivity index is 2.24. The van der Waals surface area contributed by atoms with E-state index < -0.39 is 5.97 Å². The number of methoxy groups -OCH3 is 1. The average Bonchev–Trinajstić information content (AvgIpc) is 2.39. The smallest absolute Gasteiger partial charge is 0.339 e. The molecule has 1 atom stereocenters. The minimum Gasteiger partial charge on any atom is -0.465 e. The number of hydrogen-bond donors (Lipinski definition) is 1. The van der Waals surface area contributed by atoms with E-state index in [4.69, 9.17) is 5.73 Å². The first-order chi connectivity index (χ1) is 8.20. The van der Waals surface area contributed by atoms with Gasteiger partial charge in [-0.15, -0.1) is 0 Å². The van der Waals surface area contributed by atoms with E-state index in [0.717, 1.165) is 30.5 Å². The predicted molar refractivity (Wildman–Crippen MR) is 63.2 cm³/mol. The number of nitrogens with zero attached hydrogens (tertiary/aromatic N) is 2. The Morgan fingerprint density at radius 1 is 1.59 bits per heavy atom. The second-order valence-corrected chi connectivity index (χ2v) is 4.08. The van der Waals surface area contributed by atoms with Gasteiger partial charge in [-0.3, -0.25) is 0 Å². The number of carbonyl (C=O) groups is 1. The van der Waals surface area contributed by atoms with Gasteiger partial charge >= 0.3 is 5.97 Å². The third-order valence-electron chi connectivity index (χ3n) is 2.86. The quantitative estimate of drug-likeness (QED) is 0.775. The molecule has 0 aliphatic heterocycles. The van der Waals surface area contributed by atoms with E-state index in [1.165, 1.54) is 13.3 Å². The van der Waals surface area contributed by atoms with Crippen LogP contribution in [-0.4, -0.2) is 29.3 Å². The fourth-order valence-electron chi connectivity index (χ4n) is 1.84. The highest BCUT2D eigenvalue weighted by Crippen LogP contribution is 2.24. The van der Waals surface area contributed by atoms with Crippen LogP contribution in [0.5, 0.6) is 0 Å². The minimum atomic E-state index is -0.394. The molecular formula is C12H15N3O2. The summed E-state index contributed by atoms with van der Waals surface area (Å²) >= 11 is 0. The lowest BCUT2D eigenvalue weighted by atomic mass is 9.93. The lowest BCUT2D eigenvalue weighted by Gasteiger charge is -2.17. The highest BCUT2D eigenvalue weighted by molar-refractivity contribution is 5.89. The zero-order chi connectivity index (χ0) is 12.3. The molecular weight excluding hydrogens is 218 g/mol. The molecule has 5 nitrogen and oxygen atoms in total. The van der Waals surface area contributed by atoms with Gasteiger partial charge in [0.2, 0.25) is 0 Å². The fraction of sp³-hybridized carbons (Fsp3) is 0.417. The molecule has 0 amide bonds. The SMILES string of the molecule is COC(=O)c1cnnc(C2=CCC(N)CC2)c1. The van der Waals surface area contributed by atoms with Crippen LogP contribution in [0, 0.1) is 0 Å². The topological polar surface area (TPSA) is 78.1 Å². The summed E-state index contributed by atoms with van der Waals surface area (Å²) in [5.41, 5.74) is 8.08. The second-order valence-electron chi connectivity index (χ2n) is 4.08. The van der Waals surface area contributed by atoms with Crippen molar-refractivity contribution >= 4 is 11.5 Å². The van der Waals surface area contributed by atoms with E-state index in [9.17, 15) is 4.79 Å². The van der Waals surface area contributed by atoms with Gasteiger partial charge in [-0.05, 0) is 30.9 Å². The van der Waals surface area contributed by atoms with Crippen LogP contribution in [-0.2, 0) is 4.74 Å². The van der Waals surface area contributed by atoms with Gasteiger partial charge in [-0.25, -0.2) is 4.79 Å². The zero-order valence-electron chi connectivity index (χ0n) is 9.72. The highest BCUT2D eigenvalue weighted by atomic mass is 16.5. The first-order valence-corrected chi connectivity index (χ1v) is 5.56. The van der Waals surface area contributed by atoms with E-state index >= 15 is 0 Å². The van der Waals surface area contributed by atoms with Crippen molar-refractivity contribution in [2.45, 2.75) is 25.3 Å². The molecule has 90 valence electrons. The molecule has 2 rings (SSSR count). The number of aromatic nitrogens is 2. The van der Waals surface area contributed by atoms with Crippen molar-refractivity contribution in [3.05, 3.63) is 29.6 Å². The molecule has 2 N–H and O–H groups in total. The summed E-state index contributed by atoms with van der Waals surface area (Å²) in [6, 6.07) is 1.94. The number of hydrogen-bond acceptors (Lipinski definition) is 5. The van der Waals surface area contributed by atoms with Crippen molar-refractivity contribution in [1.29, 1.82) is 0 Å². The van der Waals surface area contributed by atoms with Crippen LogP contribution in [0.15, 0.2) is 18.3 Å². The van der Waals surface area contributed by atoms with Gasteiger partial charge in [0.05, 0.1) is 24.6 Å². The van der Waals surface area contributed by atoms with Crippen molar-refractivity contribution in [1.82, 2.24) is 10.2 Å². The molecule has 0 bridgehead atoms. The molecule has 0 fully saturated rings. The maximum Gasteiger partial charge on any atom is 0.339 e. The highest BCUT2D eigenvalue weighted by Gasteiger charge is 2.15. The summed E-state index contributed by atoms with van der Waals surface area (Å²) in [6.45, 7) is 0. The molecule has 1 aliphatic rings. The Kier molecular flexibility index (Phi) is 3.49. The Bertz CT molecular complexity index is 457. The van der Waals surface area contributed by atoms with Crippen molar-refractivity contribution in [3.8, 4) is 0 Å². The van der Waals surface area contributed by atoms with Crippen molar-refractivity contribution < 1.29 is 9.53 Å². The molecule has 0 radical (unpaired) electrons. The molecule has 0 saturated heterocycles.